The lowest BCUT2D eigenvalue weighted by molar-refractivity contribution is 0.419. The van der Waals surface area contributed by atoms with E-state index in [1.54, 1.807) is 7.05 Å². The summed E-state index contributed by atoms with van der Waals surface area (Å²) in [5, 5.41) is 14.5. The van der Waals surface area contributed by atoms with Crippen LogP contribution in [0.3, 0.4) is 0 Å². The molecule has 0 fully saturated rings. The molecule has 0 aliphatic carbocycles. The highest BCUT2D eigenvalue weighted by Crippen LogP contribution is 2.27. The highest BCUT2D eigenvalue weighted by molar-refractivity contribution is 7.71. The van der Waals surface area contributed by atoms with Crippen LogP contribution in [0.2, 0.25) is 0 Å². The Hall–Kier alpha value is -2.61. The van der Waals surface area contributed by atoms with E-state index in [2.05, 4.69) is 15.5 Å². The van der Waals surface area contributed by atoms with Crippen molar-refractivity contribution in [3.63, 3.8) is 0 Å². The van der Waals surface area contributed by atoms with E-state index < -0.39 is 5.56 Å². The summed E-state index contributed by atoms with van der Waals surface area (Å²) in [5.41, 5.74) is 5.46. The molecule has 126 valence electrons. The molecule has 3 rings (SSSR count). The van der Waals surface area contributed by atoms with Crippen LogP contribution in [0.5, 0.6) is 5.88 Å². The van der Waals surface area contributed by atoms with Crippen molar-refractivity contribution in [2.45, 2.75) is 12.5 Å². The van der Waals surface area contributed by atoms with Gasteiger partial charge in [-0.05, 0) is 29.9 Å². The quantitative estimate of drug-likeness (QED) is 0.737. The normalized spacial score (nSPS) is 16.6. The molecule has 7 nitrogen and oxygen atoms in total. The number of nitrogens with one attached hydrogen (secondary N) is 2. The molecule has 0 radical (unpaired) electrons. The summed E-state index contributed by atoms with van der Waals surface area (Å²) >= 11 is 4.98. The second-order valence-corrected chi connectivity index (χ2v) is 6.33. The summed E-state index contributed by atoms with van der Waals surface area (Å²) in [6.45, 7) is 0. The van der Waals surface area contributed by atoms with E-state index in [1.807, 2.05) is 43.3 Å². The number of benzene rings is 1. The lowest BCUT2D eigenvalue weighted by Crippen LogP contribution is -2.21. The van der Waals surface area contributed by atoms with Gasteiger partial charge in [0.05, 0.1) is 11.8 Å². The molecule has 8 heteroatoms. The molecular formula is C16H19N5O2S. The third-order valence-corrected chi connectivity index (χ3v) is 4.52. The fourth-order valence-electron chi connectivity index (χ4n) is 2.66. The second-order valence-electron chi connectivity index (χ2n) is 5.95. The molecule has 1 aliphatic rings. The molecule has 0 bridgehead atoms. The molecule has 2 aromatic rings. The number of aromatic amines is 1. The number of aromatic nitrogens is 2. The van der Waals surface area contributed by atoms with Crippen LogP contribution in [0, 0.1) is 4.77 Å². The van der Waals surface area contributed by atoms with Crippen molar-refractivity contribution in [2.75, 3.05) is 19.0 Å². The topological polar surface area (TPSA) is 85.7 Å². The number of rotatable bonds is 3. The number of nitrogens with zero attached hydrogens (tertiary/aromatic N) is 3. The van der Waals surface area contributed by atoms with Gasteiger partial charge in [0.1, 0.15) is 5.56 Å². The summed E-state index contributed by atoms with van der Waals surface area (Å²) in [6.07, 6.45) is 0.509. The minimum Gasteiger partial charge on any atom is -0.494 e. The highest BCUT2D eigenvalue weighted by Gasteiger charge is 2.26. The van der Waals surface area contributed by atoms with Crippen molar-refractivity contribution in [1.29, 1.82) is 0 Å². The molecule has 0 saturated carbocycles. The monoisotopic (exact) mass is 345 g/mol. The Labute approximate surface area is 144 Å². The van der Waals surface area contributed by atoms with E-state index in [0.717, 1.165) is 11.3 Å². The highest BCUT2D eigenvalue weighted by atomic mass is 32.1. The molecule has 2 heterocycles. The third-order valence-electron chi connectivity index (χ3n) is 4.15. The maximum Gasteiger partial charge on any atom is 0.264 e. The molecule has 1 atom stereocenters. The van der Waals surface area contributed by atoms with Crippen LogP contribution in [0.4, 0.5) is 5.69 Å². The van der Waals surface area contributed by atoms with Gasteiger partial charge in [0.25, 0.3) is 5.56 Å². The third kappa shape index (κ3) is 2.80. The van der Waals surface area contributed by atoms with E-state index in [-0.39, 0.29) is 22.3 Å². The maximum atomic E-state index is 12.2. The largest absolute Gasteiger partial charge is 0.494 e. The molecule has 1 aromatic carbocycles. The Morgan fingerprint density at radius 1 is 1.33 bits per heavy atom. The number of hydrazone groups is 1. The van der Waals surface area contributed by atoms with Crippen LogP contribution in [-0.4, -0.2) is 34.5 Å². The van der Waals surface area contributed by atoms with E-state index >= 15 is 0 Å². The van der Waals surface area contributed by atoms with E-state index in [9.17, 15) is 9.90 Å². The fraction of sp³-hybridized carbons (Fsp3) is 0.312. The molecule has 3 N–H and O–H groups in total. The molecule has 1 aliphatic heterocycles. The zero-order valence-electron chi connectivity index (χ0n) is 13.7. The van der Waals surface area contributed by atoms with Gasteiger partial charge in [-0.2, -0.15) is 5.10 Å². The number of hydrogen-bond donors (Lipinski definition) is 3. The molecule has 0 amide bonds. The Morgan fingerprint density at radius 3 is 2.62 bits per heavy atom. The minimum atomic E-state index is -0.431. The van der Waals surface area contributed by atoms with Crippen molar-refractivity contribution < 1.29 is 5.11 Å². The van der Waals surface area contributed by atoms with Crippen LogP contribution < -0.4 is 15.9 Å². The number of H-pyrrole nitrogens is 1. The Morgan fingerprint density at radius 2 is 2.00 bits per heavy atom. The standard InChI is InChI=1S/C16H19N5O2S/c1-20(2)10-6-4-9(5-7-10)11-8-12(19-18-11)13-14(22)17-16(24)21(3)15(13)23/h4-7,11,18,23H,8H2,1-3H3,(H,17,22,24)/t11-/m0/s1. The Balaban J connectivity index is 1.87. The van der Waals surface area contributed by atoms with Gasteiger partial charge in [-0.1, -0.05) is 12.1 Å². The first-order chi connectivity index (χ1) is 11.4. The molecule has 0 spiro atoms. The average molecular weight is 345 g/mol. The first kappa shape index (κ1) is 16.3. The average Bonchev–Trinajstić information content (AvgIpc) is 3.02. The number of anilines is 1. The minimum absolute atomic E-state index is 0.0384. The maximum absolute atomic E-state index is 12.2. The predicted octanol–water partition coefficient (Wildman–Crippen LogP) is 1.65. The number of hydrogen-bond acceptors (Lipinski definition) is 6. The molecule has 24 heavy (non-hydrogen) atoms. The van der Waals surface area contributed by atoms with Gasteiger partial charge in [-0.3, -0.25) is 14.3 Å². The van der Waals surface area contributed by atoms with Crippen molar-refractivity contribution in [3.8, 4) is 5.88 Å². The summed E-state index contributed by atoms with van der Waals surface area (Å²) in [7, 11) is 5.57. The molecule has 1 aromatic heterocycles. The predicted molar refractivity (Wildman–Crippen MR) is 96.3 cm³/mol. The fourth-order valence-corrected chi connectivity index (χ4v) is 2.84. The lowest BCUT2D eigenvalue weighted by atomic mass is 10.00. The Bertz CT molecular complexity index is 912. The SMILES string of the molecule is CN(C)c1ccc([C@@H]2CC(c3c(O)n(C)c(=S)[nH]c3=O)=NN2)cc1. The van der Waals surface area contributed by atoms with Gasteiger partial charge in [-0.25, -0.2) is 0 Å². The summed E-state index contributed by atoms with van der Waals surface area (Å²) in [4.78, 5) is 16.7. The summed E-state index contributed by atoms with van der Waals surface area (Å²) in [6, 6.07) is 8.09. The van der Waals surface area contributed by atoms with Gasteiger partial charge in [0, 0.05) is 33.3 Å². The lowest BCUT2D eigenvalue weighted by Gasteiger charge is -2.15. The van der Waals surface area contributed by atoms with Crippen LogP contribution >= 0.6 is 12.2 Å². The van der Waals surface area contributed by atoms with Crippen LogP contribution in [0.1, 0.15) is 23.6 Å². The van der Waals surface area contributed by atoms with Gasteiger partial charge in [0.15, 0.2) is 4.77 Å². The van der Waals surface area contributed by atoms with E-state index in [0.29, 0.717) is 12.1 Å². The van der Waals surface area contributed by atoms with Gasteiger partial charge in [-0.15, -0.1) is 0 Å². The van der Waals surface area contributed by atoms with Crippen LogP contribution in [0.15, 0.2) is 34.2 Å². The van der Waals surface area contributed by atoms with E-state index in [4.69, 9.17) is 12.2 Å². The molecular weight excluding hydrogens is 326 g/mol. The van der Waals surface area contributed by atoms with Gasteiger partial charge in [0.2, 0.25) is 5.88 Å². The van der Waals surface area contributed by atoms with Crippen molar-refractivity contribution >= 4 is 23.6 Å². The first-order valence-corrected chi connectivity index (χ1v) is 7.91. The first-order valence-electron chi connectivity index (χ1n) is 7.50. The van der Waals surface area contributed by atoms with Crippen molar-refractivity contribution in [2.24, 2.45) is 12.1 Å². The zero-order valence-corrected chi connectivity index (χ0v) is 14.5. The summed E-state index contributed by atoms with van der Waals surface area (Å²) < 4.78 is 1.52. The smallest absolute Gasteiger partial charge is 0.264 e. The van der Waals surface area contributed by atoms with Crippen LogP contribution in [0.25, 0.3) is 0 Å². The molecule has 0 unspecified atom stereocenters. The van der Waals surface area contributed by atoms with Gasteiger partial charge < -0.3 is 15.4 Å². The Kier molecular flexibility index (Phi) is 4.15. The van der Waals surface area contributed by atoms with E-state index in [1.165, 1.54) is 4.57 Å². The van der Waals surface area contributed by atoms with Crippen LogP contribution in [-0.2, 0) is 7.05 Å². The molecule has 0 saturated heterocycles. The van der Waals surface area contributed by atoms with Gasteiger partial charge >= 0.3 is 0 Å². The van der Waals surface area contributed by atoms with Crippen molar-refractivity contribution in [1.82, 2.24) is 15.0 Å². The zero-order chi connectivity index (χ0) is 17.4. The summed E-state index contributed by atoms with van der Waals surface area (Å²) in [5.74, 6) is -0.173. The second kappa shape index (κ2) is 6.12. The van der Waals surface area contributed by atoms with Crippen molar-refractivity contribution in [3.05, 3.63) is 50.5 Å². The number of aromatic hydroxyl groups is 1.